The monoisotopic (exact) mass is 200 g/mol. The summed E-state index contributed by atoms with van der Waals surface area (Å²) >= 11 is 5.96. The molecule has 1 aliphatic carbocycles. The van der Waals surface area contributed by atoms with Crippen LogP contribution >= 0.6 is 11.6 Å². The molecule has 2 nitrogen and oxygen atoms in total. The molecular weight excluding hydrogens is 188 g/mol. The normalized spacial score (nSPS) is 17.8. The zero-order chi connectivity index (χ0) is 10.0. The van der Waals surface area contributed by atoms with E-state index in [1.54, 1.807) is 0 Å². The second-order valence-electron chi connectivity index (χ2n) is 3.29. The maximum atomic E-state index is 11.2. The summed E-state index contributed by atoms with van der Waals surface area (Å²) in [6.07, 6.45) is 1.30. The van der Waals surface area contributed by atoms with E-state index in [4.69, 9.17) is 11.6 Å². The lowest BCUT2D eigenvalue weighted by Crippen LogP contribution is -2.10. The first kappa shape index (κ1) is 10.3. The largest absolute Gasteiger partial charge is 0.466 e. The van der Waals surface area contributed by atoms with Gasteiger partial charge in [-0.25, -0.2) is 4.79 Å². The van der Waals surface area contributed by atoms with Crippen molar-refractivity contribution in [1.82, 2.24) is 0 Å². The minimum Gasteiger partial charge on any atom is -0.466 e. The summed E-state index contributed by atoms with van der Waals surface area (Å²) in [5.41, 5.74) is 3.06. The summed E-state index contributed by atoms with van der Waals surface area (Å²) in [7, 11) is 1.38. The van der Waals surface area contributed by atoms with Crippen molar-refractivity contribution in [2.24, 2.45) is 0 Å². The molecule has 0 aromatic carbocycles. The van der Waals surface area contributed by atoms with Gasteiger partial charge in [0, 0.05) is 17.9 Å². The fraction of sp³-hybridized carbons (Fsp3) is 0.500. The van der Waals surface area contributed by atoms with Crippen LogP contribution in [-0.4, -0.2) is 13.1 Å². The number of allylic oxidation sites excluding steroid dienone is 3. The van der Waals surface area contributed by atoms with Crippen LogP contribution in [0.15, 0.2) is 21.8 Å². The van der Waals surface area contributed by atoms with E-state index in [0.29, 0.717) is 23.4 Å². The highest BCUT2D eigenvalue weighted by molar-refractivity contribution is 6.32. The summed E-state index contributed by atoms with van der Waals surface area (Å²) in [5, 5.41) is 0.620. The fourth-order valence-electron chi connectivity index (χ4n) is 1.31. The van der Waals surface area contributed by atoms with E-state index in [1.165, 1.54) is 18.3 Å². The fourth-order valence-corrected chi connectivity index (χ4v) is 1.65. The van der Waals surface area contributed by atoms with Crippen LogP contribution in [0, 0.1) is 0 Å². The van der Waals surface area contributed by atoms with Gasteiger partial charge in [-0.15, -0.1) is 0 Å². The zero-order valence-electron chi connectivity index (χ0n) is 8.11. The third-order valence-electron chi connectivity index (χ3n) is 2.35. The van der Waals surface area contributed by atoms with Crippen molar-refractivity contribution in [2.75, 3.05) is 7.11 Å². The Kier molecular flexibility index (Phi) is 3.15. The molecule has 0 amide bonds. The van der Waals surface area contributed by atoms with Gasteiger partial charge < -0.3 is 4.74 Å². The SMILES string of the molecule is COC(=O)C1=C(Cl)CC(C)=C(C)C1. The van der Waals surface area contributed by atoms with Crippen molar-refractivity contribution in [3.63, 3.8) is 0 Å². The summed E-state index contributed by atoms with van der Waals surface area (Å²) in [6, 6.07) is 0. The van der Waals surface area contributed by atoms with Gasteiger partial charge >= 0.3 is 5.97 Å². The predicted molar refractivity (Wildman–Crippen MR) is 52.5 cm³/mol. The van der Waals surface area contributed by atoms with Crippen LogP contribution in [0.3, 0.4) is 0 Å². The van der Waals surface area contributed by atoms with Crippen LogP contribution in [0.2, 0.25) is 0 Å². The Morgan fingerprint density at radius 3 is 2.38 bits per heavy atom. The molecule has 0 heterocycles. The van der Waals surface area contributed by atoms with E-state index in [9.17, 15) is 4.79 Å². The molecule has 0 radical (unpaired) electrons. The first-order valence-corrected chi connectivity index (χ1v) is 4.55. The van der Waals surface area contributed by atoms with Crippen molar-refractivity contribution in [3.8, 4) is 0 Å². The minimum absolute atomic E-state index is 0.308. The first-order chi connectivity index (χ1) is 6.06. The lowest BCUT2D eigenvalue weighted by Gasteiger charge is -2.17. The topological polar surface area (TPSA) is 26.3 Å². The van der Waals surface area contributed by atoms with Gasteiger partial charge in [0.15, 0.2) is 0 Å². The number of ether oxygens (including phenoxy) is 1. The zero-order valence-corrected chi connectivity index (χ0v) is 8.86. The number of hydrogen-bond acceptors (Lipinski definition) is 2. The number of rotatable bonds is 1. The molecule has 0 bridgehead atoms. The van der Waals surface area contributed by atoms with Gasteiger partial charge in [-0.2, -0.15) is 0 Å². The maximum absolute atomic E-state index is 11.2. The van der Waals surface area contributed by atoms with E-state index >= 15 is 0 Å². The molecule has 13 heavy (non-hydrogen) atoms. The van der Waals surface area contributed by atoms with Crippen molar-refractivity contribution in [3.05, 3.63) is 21.8 Å². The molecule has 0 saturated carbocycles. The quantitative estimate of drug-likeness (QED) is 0.481. The Bertz CT molecular complexity index is 300. The number of esters is 1. The molecule has 0 saturated heterocycles. The second-order valence-corrected chi connectivity index (χ2v) is 3.75. The number of hydrogen-bond donors (Lipinski definition) is 0. The maximum Gasteiger partial charge on any atom is 0.335 e. The number of carbonyl (C=O) groups is 1. The standard InChI is InChI=1S/C10H13ClO2/c1-6-4-8(10(12)13-3)9(11)5-7(6)2/h4-5H2,1-3H3. The van der Waals surface area contributed by atoms with Gasteiger partial charge in [0.2, 0.25) is 0 Å². The van der Waals surface area contributed by atoms with E-state index in [1.807, 2.05) is 13.8 Å². The lowest BCUT2D eigenvalue weighted by molar-refractivity contribution is -0.136. The molecule has 0 unspecified atom stereocenters. The lowest BCUT2D eigenvalue weighted by atomic mass is 9.93. The summed E-state index contributed by atoms with van der Waals surface area (Å²) < 4.78 is 4.64. The second kappa shape index (κ2) is 3.97. The molecule has 1 rings (SSSR count). The molecule has 0 atom stereocenters. The van der Waals surface area contributed by atoms with Crippen molar-refractivity contribution < 1.29 is 9.53 Å². The molecule has 3 heteroatoms. The van der Waals surface area contributed by atoms with Crippen LogP contribution in [0.4, 0.5) is 0 Å². The first-order valence-electron chi connectivity index (χ1n) is 4.17. The molecular formula is C10H13ClO2. The number of halogens is 1. The average Bonchev–Trinajstić information content (AvgIpc) is 2.10. The van der Waals surface area contributed by atoms with Crippen molar-refractivity contribution in [1.29, 1.82) is 0 Å². The third kappa shape index (κ3) is 2.13. The van der Waals surface area contributed by atoms with Crippen molar-refractivity contribution >= 4 is 17.6 Å². The summed E-state index contributed by atoms with van der Waals surface area (Å²) in [5.74, 6) is -0.308. The smallest absolute Gasteiger partial charge is 0.335 e. The van der Waals surface area contributed by atoms with Crippen LogP contribution < -0.4 is 0 Å². The van der Waals surface area contributed by atoms with E-state index in [-0.39, 0.29) is 5.97 Å². The average molecular weight is 201 g/mol. The number of carbonyl (C=O) groups excluding carboxylic acids is 1. The molecule has 1 aliphatic rings. The van der Waals surface area contributed by atoms with Gasteiger partial charge in [0.05, 0.1) is 12.7 Å². The van der Waals surface area contributed by atoms with Gasteiger partial charge in [-0.3, -0.25) is 0 Å². The van der Waals surface area contributed by atoms with Gasteiger partial charge in [0.25, 0.3) is 0 Å². The van der Waals surface area contributed by atoms with E-state index < -0.39 is 0 Å². The van der Waals surface area contributed by atoms with E-state index in [2.05, 4.69) is 4.74 Å². The Balaban J connectivity index is 2.89. The van der Waals surface area contributed by atoms with Gasteiger partial charge in [0.1, 0.15) is 0 Å². The molecule has 72 valence electrons. The molecule has 0 aromatic heterocycles. The highest BCUT2D eigenvalue weighted by Crippen LogP contribution is 2.32. The summed E-state index contributed by atoms with van der Waals surface area (Å²) in [6.45, 7) is 4.05. The van der Waals surface area contributed by atoms with Crippen molar-refractivity contribution in [2.45, 2.75) is 26.7 Å². The predicted octanol–water partition coefficient (Wildman–Crippen LogP) is 2.78. The van der Waals surface area contributed by atoms with Gasteiger partial charge in [-0.1, -0.05) is 22.7 Å². The van der Waals surface area contributed by atoms with Gasteiger partial charge in [-0.05, 0) is 13.8 Å². The highest BCUT2D eigenvalue weighted by atomic mass is 35.5. The van der Waals surface area contributed by atoms with Crippen LogP contribution in [-0.2, 0) is 9.53 Å². The molecule has 0 fully saturated rings. The highest BCUT2D eigenvalue weighted by Gasteiger charge is 2.20. The Morgan fingerprint density at radius 2 is 1.85 bits per heavy atom. The van der Waals surface area contributed by atoms with Crippen LogP contribution in [0.1, 0.15) is 26.7 Å². The van der Waals surface area contributed by atoms with E-state index in [0.717, 1.165) is 0 Å². The number of methoxy groups -OCH3 is 1. The van der Waals surface area contributed by atoms with Crippen LogP contribution in [0.25, 0.3) is 0 Å². The Morgan fingerprint density at radius 1 is 1.31 bits per heavy atom. The molecule has 0 aromatic rings. The molecule has 0 N–H and O–H groups in total. The minimum atomic E-state index is -0.308. The Labute approximate surface area is 83.2 Å². The third-order valence-corrected chi connectivity index (χ3v) is 2.71. The van der Waals surface area contributed by atoms with Crippen LogP contribution in [0.5, 0.6) is 0 Å². The molecule has 0 spiro atoms. The molecule has 0 aliphatic heterocycles. The summed E-state index contributed by atoms with van der Waals surface area (Å²) in [4.78, 5) is 11.2. The Hall–Kier alpha value is -0.760.